The molecule has 2 nitrogen and oxygen atoms in total. The third kappa shape index (κ3) is 2.15. The fourth-order valence-electron chi connectivity index (χ4n) is 1.89. The molecular formula is C12H14ClNO. The zero-order chi connectivity index (χ0) is 10.7. The van der Waals surface area contributed by atoms with Crippen LogP contribution in [-0.4, -0.2) is 18.3 Å². The molecular weight excluding hydrogens is 210 g/mol. The first-order valence-electron chi connectivity index (χ1n) is 5.24. The average molecular weight is 224 g/mol. The van der Waals surface area contributed by atoms with Crippen LogP contribution in [0.1, 0.15) is 23.5 Å². The number of benzene rings is 1. The molecule has 1 aromatic carbocycles. The first-order chi connectivity index (χ1) is 7.33. The summed E-state index contributed by atoms with van der Waals surface area (Å²) in [6.45, 7) is 0.682. The lowest BCUT2D eigenvalue weighted by molar-refractivity contribution is -0.123. The number of alkyl halides is 1. The quantitative estimate of drug-likeness (QED) is 0.615. The number of fused-ring (bicyclic) bond motifs is 1. The van der Waals surface area contributed by atoms with Crippen molar-refractivity contribution in [3.05, 3.63) is 35.4 Å². The molecule has 15 heavy (non-hydrogen) atoms. The Balaban J connectivity index is 1.90. The van der Waals surface area contributed by atoms with E-state index in [1.807, 2.05) is 18.2 Å². The Morgan fingerprint density at radius 3 is 3.00 bits per heavy atom. The normalized spacial score (nSPS) is 17.8. The SMILES string of the molecule is O=C(NCCCCl)C1Cc2ccccc21. The Morgan fingerprint density at radius 1 is 1.47 bits per heavy atom. The van der Waals surface area contributed by atoms with Crippen LogP contribution in [0.4, 0.5) is 0 Å². The largest absolute Gasteiger partial charge is 0.356 e. The lowest BCUT2D eigenvalue weighted by Gasteiger charge is -2.28. The standard InChI is InChI=1S/C12H14ClNO/c13-6-3-7-14-12(15)11-8-9-4-1-2-5-10(9)11/h1-2,4-5,11H,3,6-8H2,(H,14,15). The lowest BCUT2D eigenvalue weighted by atomic mass is 9.77. The zero-order valence-electron chi connectivity index (χ0n) is 8.50. The highest BCUT2D eigenvalue weighted by atomic mass is 35.5. The fourth-order valence-corrected chi connectivity index (χ4v) is 2.03. The molecule has 1 aliphatic rings. The monoisotopic (exact) mass is 223 g/mol. The first-order valence-corrected chi connectivity index (χ1v) is 5.78. The van der Waals surface area contributed by atoms with E-state index < -0.39 is 0 Å². The average Bonchev–Trinajstić information content (AvgIpc) is 2.20. The Bertz CT molecular complexity index is 364. The van der Waals surface area contributed by atoms with Crippen LogP contribution < -0.4 is 5.32 Å². The minimum atomic E-state index is 0.0662. The summed E-state index contributed by atoms with van der Waals surface area (Å²) < 4.78 is 0. The van der Waals surface area contributed by atoms with Crippen molar-refractivity contribution in [2.24, 2.45) is 0 Å². The molecule has 0 saturated carbocycles. The van der Waals surface area contributed by atoms with Gasteiger partial charge in [0.15, 0.2) is 0 Å². The first kappa shape index (κ1) is 10.5. The molecule has 0 radical (unpaired) electrons. The molecule has 1 atom stereocenters. The number of halogens is 1. The smallest absolute Gasteiger partial charge is 0.227 e. The summed E-state index contributed by atoms with van der Waals surface area (Å²) in [7, 11) is 0. The highest BCUT2D eigenvalue weighted by Gasteiger charge is 2.31. The maximum Gasteiger partial charge on any atom is 0.227 e. The van der Waals surface area contributed by atoms with Gasteiger partial charge in [-0.25, -0.2) is 0 Å². The zero-order valence-corrected chi connectivity index (χ0v) is 9.26. The van der Waals surface area contributed by atoms with Gasteiger partial charge in [-0.2, -0.15) is 0 Å². The minimum Gasteiger partial charge on any atom is -0.356 e. The van der Waals surface area contributed by atoms with Crippen molar-refractivity contribution in [1.82, 2.24) is 5.32 Å². The summed E-state index contributed by atoms with van der Waals surface area (Å²) in [6, 6.07) is 8.11. The van der Waals surface area contributed by atoms with Gasteiger partial charge in [0.05, 0.1) is 5.92 Å². The predicted octanol–water partition coefficient (Wildman–Crippen LogP) is 2.07. The molecule has 2 rings (SSSR count). The van der Waals surface area contributed by atoms with Gasteiger partial charge in [0.1, 0.15) is 0 Å². The van der Waals surface area contributed by atoms with E-state index in [0.29, 0.717) is 12.4 Å². The highest BCUT2D eigenvalue weighted by Crippen LogP contribution is 2.34. The molecule has 1 aliphatic carbocycles. The summed E-state index contributed by atoms with van der Waals surface area (Å²) >= 11 is 5.54. The number of nitrogens with one attached hydrogen (secondary N) is 1. The van der Waals surface area contributed by atoms with E-state index in [1.165, 1.54) is 11.1 Å². The Kier molecular flexibility index (Phi) is 3.27. The van der Waals surface area contributed by atoms with Crippen LogP contribution in [0.3, 0.4) is 0 Å². The molecule has 3 heteroatoms. The molecule has 0 bridgehead atoms. The maximum absolute atomic E-state index is 11.7. The molecule has 0 aliphatic heterocycles. The van der Waals surface area contributed by atoms with Gasteiger partial charge in [-0.1, -0.05) is 24.3 Å². The molecule has 0 heterocycles. The van der Waals surface area contributed by atoms with Crippen molar-refractivity contribution >= 4 is 17.5 Å². The van der Waals surface area contributed by atoms with Crippen LogP contribution in [0.25, 0.3) is 0 Å². The van der Waals surface area contributed by atoms with E-state index in [-0.39, 0.29) is 11.8 Å². The lowest BCUT2D eigenvalue weighted by Crippen LogP contribution is -2.35. The summed E-state index contributed by atoms with van der Waals surface area (Å²) in [4.78, 5) is 11.7. The van der Waals surface area contributed by atoms with Crippen LogP contribution in [0.2, 0.25) is 0 Å². The van der Waals surface area contributed by atoms with Crippen LogP contribution in [-0.2, 0) is 11.2 Å². The number of carbonyl (C=O) groups excluding carboxylic acids is 1. The van der Waals surface area contributed by atoms with Crippen LogP contribution in [0, 0.1) is 0 Å². The maximum atomic E-state index is 11.7. The molecule has 0 spiro atoms. The summed E-state index contributed by atoms with van der Waals surface area (Å²) in [6.07, 6.45) is 1.71. The van der Waals surface area contributed by atoms with Crippen LogP contribution >= 0.6 is 11.6 Å². The van der Waals surface area contributed by atoms with E-state index in [9.17, 15) is 4.79 Å². The van der Waals surface area contributed by atoms with Gasteiger partial charge >= 0.3 is 0 Å². The Hall–Kier alpha value is -1.02. The minimum absolute atomic E-state index is 0.0662. The van der Waals surface area contributed by atoms with Crippen molar-refractivity contribution in [1.29, 1.82) is 0 Å². The fraction of sp³-hybridized carbons (Fsp3) is 0.417. The van der Waals surface area contributed by atoms with Gasteiger partial charge in [-0.3, -0.25) is 4.79 Å². The third-order valence-electron chi connectivity index (χ3n) is 2.78. The van der Waals surface area contributed by atoms with Crippen molar-refractivity contribution < 1.29 is 4.79 Å². The molecule has 1 unspecified atom stereocenters. The molecule has 80 valence electrons. The number of hydrogen-bond donors (Lipinski definition) is 1. The highest BCUT2D eigenvalue weighted by molar-refractivity contribution is 6.17. The van der Waals surface area contributed by atoms with Gasteiger partial charge < -0.3 is 5.32 Å². The van der Waals surface area contributed by atoms with Gasteiger partial charge in [0.2, 0.25) is 5.91 Å². The van der Waals surface area contributed by atoms with Gasteiger partial charge in [-0.15, -0.1) is 11.6 Å². The van der Waals surface area contributed by atoms with Crippen molar-refractivity contribution in [2.45, 2.75) is 18.8 Å². The summed E-state index contributed by atoms with van der Waals surface area (Å²) in [5.74, 6) is 0.803. The van der Waals surface area contributed by atoms with Crippen LogP contribution in [0.15, 0.2) is 24.3 Å². The number of rotatable bonds is 4. The number of hydrogen-bond acceptors (Lipinski definition) is 1. The van der Waals surface area contributed by atoms with E-state index >= 15 is 0 Å². The van der Waals surface area contributed by atoms with Gasteiger partial charge in [0.25, 0.3) is 0 Å². The third-order valence-corrected chi connectivity index (χ3v) is 3.05. The molecule has 1 aromatic rings. The van der Waals surface area contributed by atoms with E-state index in [2.05, 4.69) is 11.4 Å². The van der Waals surface area contributed by atoms with Crippen molar-refractivity contribution in [3.63, 3.8) is 0 Å². The second-order valence-corrected chi connectivity index (χ2v) is 4.17. The molecule has 0 aromatic heterocycles. The van der Waals surface area contributed by atoms with Crippen molar-refractivity contribution in [3.8, 4) is 0 Å². The van der Waals surface area contributed by atoms with Gasteiger partial charge in [0, 0.05) is 12.4 Å². The Labute approximate surface area is 94.6 Å². The number of carbonyl (C=O) groups is 1. The van der Waals surface area contributed by atoms with E-state index in [4.69, 9.17) is 11.6 Å². The van der Waals surface area contributed by atoms with Crippen molar-refractivity contribution in [2.75, 3.05) is 12.4 Å². The number of amides is 1. The molecule has 0 saturated heterocycles. The van der Waals surface area contributed by atoms with E-state index in [0.717, 1.165) is 12.8 Å². The molecule has 1 amide bonds. The second kappa shape index (κ2) is 4.67. The van der Waals surface area contributed by atoms with Gasteiger partial charge in [-0.05, 0) is 24.0 Å². The molecule has 1 N–H and O–H groups in total. The van der Waals surface area contributed by atoms with E-state index in [1.54, 1.807) is 0 Å². The Morgan fingerprint density at radius 2 is 2.27 bits per heavy atom. The van der Waals surface area contributed by atoms with Crippen LogP contribution in [0.5, 0.6) is 0 Å². The predicted molar refractivity (Wildman–Crippen MR) is 61.2 cm³/mol. The second-order valence-electron chi connectivity index (χ2n) is 3.79. The summed E-state index contributed by atoms with van der Waals surface area (Å²) in [5, 5.41) is 2.90. The summed E-state index contributed by atoms with van der Waals surface area (Å²) in [5.41, 5.74) is 2.48. The molecule has 0 fully saturated rings. The topological polar surface area (TPSA) is 29.1 Å².